The summed E-state index contributed by atoms with van der Waals surface area (Å²) in [6.07, 6.45) is 2.65. The van der Waals surface area contributed by atoms with Gasteiger partial charge in [0.25, 0.3) is 5.56 Å². The van der Waals surface area contributed by atoms with Gasteiger partial charge in [-0.25, -0.2) is 4.79 Å². The van der Waals surface area contributed by atoms with E-state index in [0.29, 0.717) is 12.0 Å². The highest BCUT2D eigenvalue weighted by molar-refractivity contribution is 5.85. The summed E-state index contributed by atoms with van der Waals surface area (Å²) in [6, 6.07) is 3.01. The fourth-order valence-electron chi connectivity index (χ4n) is 1.19. The minimum absolute atomic E-state index is 0.0600. The van der Waals surface area contributed by atoms with Crippen LogP contribution in [-0.4, -0.2) is 16.1 Å². The Morgan fingerprint density at radius 1 is 1.50 bits per heavy atom. The van der Waals surface area contributed by atoms with E-state index in [1.165, 1.54) is 6.07 Å². The smallest absolute Gasteiger partial charge is 0.352 e. The molecule has 0 aromatic carbocycles. The van der Waals surface area contributed by atoms with Crippen LogP contribution in [0, 0.1) is 0 Å². The standard InChI is InChI=1S/C10H13NO3/c1-2-3-4-7-5-6-8(10(13)14)11-9(7)12/h5-6H,2-4H2,1H3,(H,11,12)(H,13,14). The number of H-pyrrole nitrogens is 1. The summed E-state index contributed by atoms with van der Waals surface area (Å²) >= 11 is 0. The van der Waals surface area contributed by atoms with Gasteiger partial charge in [-0.05, 0) is 18.9 Å². The SMILES string of the molecule is CCCCc1ccc(C(=O)O)[nH]c1=O. The maximum absolute atomic E-state index is 11.3. The van der Waals surface area contributed by atoms with Gasteiger partial charge in [-0.1, -0.05) is 19.4 Å². The number of pyridine rings is 1. The van der Waals surface area contributed by atoms with Crippen molar-refractivity contribution in [3.05, 3.63) is 33.7 Å². The summed E-state index contributed by atoms with van der Waals surface area (Å²) in [4.78, 5) is 24.2. The summed E-state index contributed by atoms with van der Waals surface area (Å²) in [5.41, 5.74) is 0.297. The number of hydrogen-bond acceptors (Lipinski definition) is 2. The van der Waals surface area contributed by atoms with E-state index in [-0.39, 0.29) is 11.3 Å². The highest BCUT2D eigenvalue weighted by Gasteiger charge is 2.05. The van der Waals surface area contributed by atoms with Crippen molar-refractivity contribution in [1.82, 2.24) is 4.98 Å². The molecule has 0 saturated heterocycles. The van der Waals surface area contributed by atoms with Gasteiger partial charge in [0.15, 0.2) is 0 Å². The highest BCUT2D eigenvalue weighted by Crippen LogP contribution is 2.00. The van der Waals surface area contributed by atoms with E-state index in [1.54, 1.807) is 6.07 Å². The van der Waals surface area contributed by atoms with Crippen molar-refractivity contribution < 1.29 is 9.90 Å². The van der Waals surface area contributed by atoms with Gasteiger partial charge in [-0.3, -0.25) is 4.79 Å². The molecular weight excluding hydrogens is 182 g/mol. The van der Waals surface area contributed by atoms with Gasteiger partial charge in [0, 0.05) is 5.56 Å². The van der Waals surface area contributed by atoms with Gasteiger partial charge in [-0.2, -0.15) is 0 Å². The second-order valence-electron chi connectivity index (χ2n) is 3.14. The molecule has 0 spiro atoms. The summed E-state index contributed by atoms with van der Waals surface area (Å²) in [5, 5.41) is 8.61. The molecule has 1 aromatic heterocycles. The van der Waals surface area contributed by atoms with Crippen LogP contribution in [0.3, 0.4) is 0 Å². The van der Waals surface area contributed by atoms with Gasteiger partial charge in [0.2, 0.25) is 0 Å². The first-order valence-corrected chi connectivity index (χ1v) is 4.60. The zero-order valence-corrected chi connectivity index (χ0v) is 8.04. The molecule has 76 valence electrons. The Morgan fingerprint density at radius 3 is 2.71 bits per heavy atom. The molecule has 0 fully saturated rings. The van der Waals surface area contributed by atoms with E-state index in [2.05, 4.69) is 4.98 Å². The second-order valence-corrected chi connectivity index (χ2v) is 3.14. The third-order valence-corrected chi connectivity index (χ3v) is 2.02. The summed E-state index contributed by atoms with van der Waals surface area (Å²) in [6.45, 7) is 2.04. The fraction of sp³-hybridized carbons (Fsp3) is 0.400. The van der Waals surface area contributed by atoms with Crippen LogP contribution in [0.1, 0.15) is 35.8 Å². The molecule has 0 saturated carbocycles. The van der Waals surface area contributed by atoms with Gasteiger partial charge in [0.05, 0.1) is 0 Å². The zero-order chi connectivity index (χ0) is 10.6. The minimum atomic E-state index is -1.11. The summed E-state index contributed by atoms with van der Waals surface area (Å²) in [7, 11) is 0. The Labute approximate surface area is 81.6 Å². The van der Waals surface area contributed by atoms with E-state index in [9.17, 15) is 9.59 Å². The molecule has 0 aliphatic rings. The topological polar surface area (TPSA) is 70.2 Å². The number of aromatic amines is 1. The quantitative estimate of drug-likeness (QED) is 0.763. The molecule has 0 unspecified atom stereocenters. The van der Waals surface area contributed by atoms with E-state index in [4.69, 9.17) is 5.11 Å². The molecular formula is C10H13NO3. The van der Waals surface area contributed by atoms with Crippen LogP contribution in [-0.2, 0) is 6.42 Å². The normalized spacial score (nSPS) is 10.1. The van der Waals surface area contributed by atoms with Crippen LogP contribution in [0.4, 0.5) is 0 Å². The molecule has 4 heteroatoms. The summed E-state index contributed by atoms with van der Waals surface area (Å²) in [5.74, 6) is -1.11. The monoisotopic (exact) mass is 195 g/mol. The largest absolute Gasteiger partial charge is 0.477 e. The van der Waals surface area contributed by atoms with Crippen molar-refractivity contribution in [3.63, 3.8) is 0 Å². The number of aromatic nitrogens is 1. The fourth-order valence-corrected chi connectivity index (χ4v) is 1.19. The Morgan fingerprint density at radius 2 is 2.21 bits per heavy atom. The number of carboxylic acids is 1. The second kappa shape index (κ2) is 4.60. The lowest BCUT2D eigenvalue weighted by molar-refractivity contribution is 0.0690. The van der Waals surface area contributed by atoms with Gasteiger partial charge >= 0.3 is 5.97 Å². The van der Waals surface area contributed by atoms with Crippen molar-refractivity contribution >= 4 is 5.97 Å². The lowest BCUT2D eigenvalue weighted by Gasteiger charge is -1.99. The van der Waals surface area contributed by atoms with Crippen LogP contribution < -0.4 is 5.56 Å². The predicted molar refractivity (Wildman–Crippen MR) is 52.6 cm³/mol. The Hall–Kier alpha value is -1.58. The van der Waals surface area contributed by atoms with Crippen LogP contribution in [0.2, 0.25) is 0 Å². The number of carbonyl (C=O) groups is 1. The van der Waals surface area contributed by atoms with Crippen LogP contribution in [0.5, 0.6) is 0 Å². The van der Waals surface area contributed by atoms with E-state index < -0.39 is 5.97 Å². The lowest BCUT2D eigenvalue weighted by atomic mass is 10.1. The third-order valence-electron chi connectivity index (χ3n) is 2.02. The minimum Gasteiger partial charge on any atom is -0.477 e. The van der Waals surface area contributed by atoms with Gasteiger partial charge < -0.3 is 10.1 Å². The molecule has 2 N–H and O–H groups in total. The molecule has 0 radical (unpaired) electrons. The average Bonchev–Trinajstić information content (AvgIpc) is 2.15. The van der Waals surface area contributed by atoms with Crippen molar-refractivity contribution in [1.29, 1.82) is 0 Å². The molecule has 0 atom stereocenters. The first-order chi connectivity index (χ1) is 6.65. The molecule has 0 bridgehead atoms. The highest BCUT2D eigenvalue weighted by atomic mass is 16.4. The Bertz CT molecular complexity index is 381. The van der Waals surface area contributed by atoms with Crippen LogP contribution in [0.15, 0.2) is 16.9 Å². The number of aromatic carboxylic acids is 1. The number of unbranched alkanes of at least 4 members (excludes halogenated alkanes) is 1. The average molecular weight is 195 g/mol. The maximum Gasteiger partial charge on any atom is 0.352 e. The van der Waals surface area contributed by atoms with Gasteiger partial charge in [-0.15, -0.1) is 0 Å². The number of carboxylic acid groups (broad SMARTS) is 1. The van der Waals surface area contributed by atoms with E-state index in [0.717, 1.165) is 12.8 Å². The van der Waals surface area contributed by atoms with E-state index in [1.807, 2.05) is 6.92 Å². The number of hydrogen-bond donors (Lipinski definition) is 2. The number of rotatable bonds is 4. The van der Waals surface area contributed by atoms with Crippen molar-refractivity contribution in [3.8, 4) is 0 Å². The molecule has 1 heterocycles. The molecule has 0 amide bonds. The Kier molecular flexibility index (Phi) is 3.45. The molecule has 1 aromatic rings. The maximum atomic E-state index is 11.3. The third kappa shape index (κ3) is 2.45. The van der Waals surface area contributed by atoms with Crippen molar-refractivity contribution in [2.75, 3.05) is 0 Å². The molecule has 1 rings (SSSR count). The van der Waals surface area contributed by atoms with E-state index >= 15 is 0 Å². The zero-order valence-electron chi connectivity index (χ0n) is 8.04. The molecule has 14 heavy (non-hydrogen) atoms. The Balaban J connectivity index is 2.90. The first kappa shape index (κ1) is 10.5. The van der Waals surface area contributed by atoms with Crippen LogP contribution >= 0.6 is 0 Å². The number of aryl methyl sites for hydroxylation is 1. The van der Waals surface area contributed by atoms with Gasteiger partial charge in [0.1, 0.15) is 5.69 Å². The molecule has 0 aliphatic heterocycles. The van der Waals surface area contributed by atoms with Crippen LogP contribution in [0.25, 0.3) is 0 Å². The predicted octanol–water partition coefficient (Wildman–Crippen LogP) is 1.42. The first-order valence-electron chi connectivity index (χ1n) is 4.60. The van der Waals surface area contributed by atoms with Crippen molar-refractivity contribution in [2.24, 2.45) is 0 Å². The summed E-state index contributed by atoms with van der Waals surface area (Å²) < 4.78 is 0. The lowest BCUT2D eigenvalue weighted by Crippen LogP contribution is -2.16. The number of nitrogens with one attached hydrogen (secondary N) is 1. The molecule has 4 nitrogen and oxygen atoms in total. The molecule has 0 aliphatic carbocycles. The van der Waals surface area contributed by atoms with Crippen molar-refractivity contribution in [2.45, 2.75) is 26.2 Å².